The summed E-state index contributed by atoms with van der Waals surface area (Å²) in [7, 11) is 0. The summed E-state index contributed by atoms with van der Waals surface area (Å²) in [5.41, 5.74) is 0. The van der Waals surface area contributed by atoms with Gasteiger partial charge in [-0.3, -0.25) is 4.79 Å². The van der Waals surface area contributed by atoms with Gasteiger partial charge in [0.15, 0.2) is 0 Å². The first-order valence-corrected chi connectivity index (χ1v) is 8.32. The van der Waals surface area contributed by atoms with E-state index in [-0.39, 0.29) is 17.9 Å². The number of hydrogen-bond donors (Lipinski definition) is 0. The Hall–Kier alpha value is -1.56. The lowest BCUT2D eigenvalue weighted by Gasteiger charge is -2.34. The first-order valence-electron chi connectivity index (χ1n) is 7.44. The van der Waals surface area contributed by atoms with E-state index in [1.54, 1.807) is 23.2 Å². The van der Waals surface area contributed by atoms with E-state index < -0.39 is 0 Å². The van der Waals surface area contributed by atoms with Crippen LogP contribution in [0, 0.1) is 5.92 Å². The van der Waals surface area contributed by atoms with E-state index in [1.165, 1.54) is 4.88 Å². The molecule has 0 radical (unpaired) electrons. The summed E-state index contributed by atoms with van der Waals surface area (Å²) < 4.78 is 4.99. The Morgan fingerprint density at radius 3 is 2.62 bits per heavy atom. The molecular formula is C15H20N2O3S. The predicted molar refractivity (Wildman–Crippen MR) is 80.3 cm³/mol. The smallest absolute Gasteiger partial charge is 0.409 e. The van der Waals surface area contributed by atoms with Crippen molar-refractivity contribution in [2.45, 2.75) is 19.3 Å². The van der Waals surface area contributed by atoms with Crippen LogP contribution in [-0.4, -0.2) is 54.6 Å². The minimum atomic E-state index is -0.271. The van der Waals surface area contributed by atoms with Gasteiger partial charge in [-0.1, -0.05) is 6.07 Å². The molecule has 0 spiro atoms. The highest BCUT2D eigenvalue weighted by Gasteiger charge is 2.46. The van der Waals surface area contributed by atoms with Crippen molar-refractivity contribution in [2.24, 2.45) is 5.92 Å². The van der Waals surface area contributed by atoms with Crippen LogP contribution in [0.2, 0.25) is 0 Å². The molecular weight excluding hydrogens is 288 g/mol. The summed E-state index contributed by atoms with van der Waals surface area (Å²) in [6, 6.07) is 4.15. The Balaban J connectivity index is 1.49. The number of nitrogens with zero attached hydrogens (tertiary/aromatic N) is 2. The highest BCUT2D eigenvalue weighted by Crippen LogP contribution is 2.50. The fourth-order valence-corrected chi connectivity index (χ4v) is 3.75. The van der Waals surface area contributed by atoms with Crippen LogP contribution in [0.3, 0.4) is 0 Å². The lowest BCUT2D eigenvalue weighted by Crippen LogP contribution is -2.51. The zero-order valence-corrected chi connectivity index (χ0v) is 13.0. The number of piperazine rings is 1. The van der Waals surface area contributed by atoms with Crippen LogP contribution in [0.1, 0.15) is 24.1 Å². The quantitative estimate of drug-likeness (QED) is 0.860. The molecule has 0 bridgehead atoms. The second kappa shape index (κ2) is 6.05. The third-order valence-electron chi connectivity index (χ3n) is 4.13. The summed E-state index contributed by atoms with van der Waals surface area (Å²) in [5.74, 6) is 0.815. The Kier molecular flexibility index (Phi) is 4.14. The zero-order chi connectivity index (χ0) is 14.8. The molecule has 21 heavy (non-hydrogen) atoms. The van der Waals surface area contributed by atoms with Crippen molar-refractivity contribution in [3.05, 3.63) is 22.4 Å². The summed E-state index contributed by atoms with van der Waals surface area (Å²) in [4.78, 5) is 29.0. The minimum absolute atomic E-state index is 0.151. The van der Waals surface area contributed by atoms with Gasteiger partial charge < -0.3 is 14.5 Å². The van der Waals surface area contributed by atoms with Crippen LogP contribution in [-0.2, 0) is 9.53 Å². The monoisotopic (exact) mass is 308 g/mol. The van der Waals surface area contributed by atoms with Gasteiger partial charge in [-0.15, -0.1) is 11.3 Å². The Morgan fingerprint density at radius 1 is 1.29 bits per heavy atom. The molecule has 0 N–H and O–H groups in total. The van der Waals surface area contributed by atoms with Gasteiger partial charge in [0, 0.05) is 42.9 Å². The van der Waals surface area contributed by atoms with E-state index in [0.717, 1.165) is 6.42 Å². The molecule has 6 heteroatoms. The fraction of sp³-hybridized carbons (Fsp3) is 0.600. The molecule has 2 heterocycles. The van der Waals surface area contributed by atoms with Crippen molar-refractivity contribution in [1.29, 1.82) is 0 Å². The first-order chi connectivity index (χ1) is 10.2. The summed E-state index contributed by atoms with van der Waals surface area (Å²) in [6.07, 6.45) is 0.699. The average Bonchev–Trinajstić information content (AvgIpc) is 3.12. The number of hydrogen-bond acceptors (Lipinski definition) is 4. The van der Waals surface area contributed by atoms with E-state index in [2.05, 4.69) is 11.4 Å². The Morgan fingerprint density at radius 2 is 2.00 bits per heavy atom. The molecule has 1 aliphatic heterocycles. The molecule has 1 saturated heterocycles. The number of carbonyl (C=O) groups is 2. The zero-order valence-electron chi connectivity index (χ0n) is 12.2. The average molecular weight is 308 g/mol. The molecule has 2 fully saturated rings. The number of amides is 2. The van der Waals surface area contributed by atoms with E-state index in [1.807, 2.05) is 11.0 Å². The Labute approximate surface area is 128 Å². The van der Waals surface area contributed by atoms with Crippen LogP contribution in [0.25, 0.3) is 0 Å². The maximum Gasteiger partial charge on any atom is 0.409 e. The summed E-state index contributed by atoms with van der Waals surface area (Å²) in [5, 5.41) is 2.06. The predicted octanol–water partition coefficient (Wildman–Crippen LogP) is 2.15. The van der Waals surface area contributed by atoms with Crippen molar-refractivity contribution >= 4 is 23.3 Å². The third kappa shape index (κ3) is 3.05. The van der Waals surface area contributed by atoms with Gasteiger partial charge in [-0.25, -0.2) is 4.79 Å². The highest BCUT2D eigenvalue weighted by molar-refractivity contribution is 7.10. The van der Waals surface area contributed by atoms with Crippen molar-refractivity contribution < 1.29 is 14.3 Å². The molecule has 3 rings (SSSR count). The molecule has 1 saturated carbocycles. The van der Waals surface area contributed by atoms with Crippen LogP contribution in [0.15, 0.2) is 17.5 Å². The largest absolute Gasteiger partial charge is 0.450 e. The van der Waals surface area contributed by atoms with E-state index >= 15 is 0 Å². The molecule has 1 aliphatic carbocycles. The van der Waals surface area contributed by atoms with E-state index in [0.29, 0.717) is 38.7 Å². The van der Waals surface area contributed by atoms with Gasteiger partial charge in [0.25, 0.3) is 0 Å². The van der Waals surface area contributed by atoms with Gasteiger partial charge in [0.2, 0.25) is 5.91 Å². The molecule has 2 aliphatic rings. The van der Waals surface area contributed by atoms with E-state index in [4.69, 9.17) is 4.74 Å². The first kappa shape index (κ1) is 14.4. The SMILES string of the molecule is CCOC(=O)N1CCN(C(=O)[C@@H]2C[C@@H]2c2cccs2)CC1. The van der Waals surface area contributed by atoms with Crippen molar-refractivity contribution in [2.75, 3.05) is 32.8 Å². The lowest BCUT2D eigenvalue weighted by molar-refractivity contribution is -0.134. The topological polar surface area (TPSA) is 49.9 Å². The number of rotatable bonds is 3. The molecule has 1 aromatic heterocycles. The van der Waals surface area contributed by atoms with Gasteiger partial charge in [-0.05, 0) is 24.8 Å². The van der Waals surface area contributed by atoms with Crippen LogP contribution in [0.4, 0.5) is 4.79 Å². The maximum atomic E-state index is 12.5. The van der Waals surface area contributed by atoms with Crippen molar-refractivity contribution in [3.63, 3.8) is 0 Å². The Bertz CT molecular complexity index is 509. The van der Waals surface area contributed by atoms with Crippen LogP contribution >= 0.6 is 11.3 Å². The summed E-state index contributed by atoms with van der Waals surface area (Å²) in [6.45, 7) is 4.57. The molecule has 5 nitrogen and oxygen atoms in total. The fourth-order valence-electron chi connectivity index (χ4n) is 2.84. The van der Waals surface area contributed by atoms with Crippen LogP contribution in [0.5, 0.6) is 0 Å². The molecule has 2 atom stereocenters. The number of ether oxygens (including phenoxy) is 1. The van der Waals surface area contributed by atoms with Gasteiger partial charge >= 0.3 is 6.09 Å². The number of carbonyl (C=O) groups excluding carboxylic acids is 2. The lowest BCUT2D eigenvalue weighted by atomic mass is 10.2. The molecule has 1 aromatic rings. The highest BCUT2D eigenvalue weighted by atomic mass is 32.1. The maximum absolute atomic E-state index is 12.5. The van der Waals surface area contributed by atoms with Gasteiger partial charge in [0.1, 0.15) is 0 Å². The van der Waals surface area contributed by atoms with Gasteiger partial charge in [-0.2, -0.15) is 0 Å². The molecule has 0 unspecified atom stereocenters. The third-order valence-corrected chi connectivity index (χ3v) is 5.14. The van der Waals surface area contributed by atoms with Crippen molar-refractivity contribution in [3.8, 4) is 0 Å². The normalized spacial score (nSPS) is 24.8. The molecule has 0 aromatic carbocycles. The second-order valence-electron chi connectivity index (χ2n) is 5.48. The molecule has 2 amide bonds. The minimum Gasteiger partial charge on any atom is -0.450 e. The summed E-state index contributed by atoms with van der Waals surface area (Å²) >= 11 is 1.73. The van der Waals surface area contributed by atoms with Crippen LogP contribution < -0.4 is 0 Å². The standard InChI is InChI=1S/C15H20N2O3S/c1-2-20-15(19)17-7-5-16(6-8-17)14(18)12-10-11(12)13-4-3-9-21-13/h3-4,9,11-12H,2,5-8,10H2,1H3/t11-,12+/m0/s1. The van der Waals surface area contributed by atoms with E-state index in [9.17, 15) is 9.59 Å². The number of thiophene rings is 1. The molecule has 114 valence electrons. The van der Waals surface area contributed by atoms with Crippen molar-refractivity contribution in [1.82, 2.24) is 9.80 Å². The second-order valence-corrected chi connectivity index (χ2v) is 6.45. The van der Waals surface area contributed by atoms with Gasteiger partial charge in [0.05, 0.1) is 6.61 Å².